The number of hydrogen-bond donors (Lipinski definition) is 3. The van der Waals surface area contributed by atoms with Gasteiger partial charge in [-0.1, -0.05) is 19.3 Å². The zero-order chi connectivity index (χ0) is 15.8. The molecule has 22 heavy (non-hydrogen) atoms. The zero-order valence-electron chi connectivity index (χ0n) is 12.6. The second kappa shape index (κ2) is 8.86. The minimum atomic E-state index is -0.680. The minimum Gasteiger partial charge on any atom is -0.491 e. The second-order valence-electron chi connectivity index (χ2n) is 5.58. The lowest BCUT2D eigenvalue weighted by Crippen LogP contribution is -2.38. The van der Waals surface area contributed by atoms with Gasteiger partial charge in [-0.2, -0.15) is 0 Å². The van der Waals surface area contributed by atoms with E-state index in [2.05, 4.69) is 10.6 Å². The quantitative estimate of drug-likeness (QED) is 0.703. The number of urea groups is 1. The van der Waals surface area contributed by atoms with Crippen molar-refractivity contribution in [2.75, 3.05) is 17.8 Å². The van der Waals surface area contributed by atoms with Crippen molar-refractivity contribution in [1.29, 1.82) is 0 Å². The molecule has 5 nitrogen and oxygen atoms in total. The molecule has 1 aliphatic carbocycles. The minimum absolute atomic E-state index is 0.140. The van der Waals surface area contributed by atoms with Crippen LogP contribution in [0.15, 0.2) is 24.3 Å². The Morgan fingerprint density at radius 2 is 1.95 bits per heavy atom. The summed E-state index contributed by atoms with van der Waals surface area (Å²) in [7, 11) is 0. The van der Waals surface area contributed by atoms with Crippen LogP contribution in [0.3, 0.4) is 0 Å². The Morgan fingerprint density at radius 1 is 1.27 bits per heavy atom. The van der Waals surface area contributed by atoms with Crippen molar-refractivity contribution in [3.05, 3.63) is 24.3 Å². The first-order chi connectivity index (χ1) is 10.7. The van der Waals surface area contributed by atoms with Crippen molar-refractivity contribution in [2.24, 2.45) is 0 Å². The smallest absolute Gasteiger partial charge is 0.319 e. The van der Waals surface area contributed by atoms with Gasteiger partial charge in [0.25, 0.3) is 0 Å². The molecule has 122 valence electrons. The van der Waals surface area contributed by atoms with Crippen LogP contribution in [0.1, 0.15) is 32.1 Å². The van der Waals surface area contributed by atoms with Gasteiger partial charge in [-0.3, -0.25) is 0 Å². The molecule has 6 heteroatoms. The van der Waals surface area contributed by atoms with Crippen molar-refractivity contribution in [3.8, 4) is 5.75 Å². The molecule has 1 aliphatic rings. The zero-order valence-corrected chi connectivity index (χ0v) is 13.3. The Hall–Kier alpha value is -1.46. The van der Waals surface area contributed by atoms with Gasteiger partial charge in [0.1, 0.15) is 18.5 Å². The monoisotopic (exact) mass is 326 g/mol. The second-order valence-corrected chi connectivity index (χ2v) is 5.89. The van der Waals surface area contributed by atoms with E-state index in [-0.39, 0.29) is 24.6 Å². The molecular formula is C16H23ClN2O3. The number of amides is 2. The number of anilines is 1. The van der Waals surface area contributed by atoms with Crippen LogP contribution in [-0.2, 0) is 0 Å². The first-order valence-corrected chi connectivity index (χ1v) is 8.25. The van der Waals surface area contributed by atoms with E-state index >= 15 is 0 Å². The molecule has 1 atom stereocenters. The number of aliphatic hydroxyl groups is 1. The van der Waals surface area contributed by atoms with E-state index in [0.717, 1.165) is 12.8 Å². The highest BCUT2D eigenvalue weighted by molar-refractivity contribution is 6.18. The number of benzene rings is 1. The van der Waals surface area contributed by atoms with Gasteiger partial charge in [0.05, 0.1) is 5.88 Å². The number of nitrogens with one attached hydrogen (secondary N) is 2. The molecule has 1 unspecified atom stereocenters. The Balaban J connectivity index is 1.76. The van der Waals surface area contributed by atoms with Crippen LogP contribution in [0, 0.1) is 0 Å². The van der Waals surface area contributed by atoms with Crippen LogP contribution in [0.4, 0.5) is 10.5 Å². The predicted octanol–water partition coefficient (Wildman–Crippen LogP) is 3.12. The SMILES string of the molecule is O=C(Nc1ccc(OCC(O)CCl)cc1)NC1CCCCC1. The third kappa shape index (κ3) is 5.73. The third-order valence-electron chi connectivity index (χ3n) is 3.67. The van der Waals surface area contributed by atoms with Gasteiger partial charge < -0.3 is 20.5 Å². The highest BCUT2D eigenvalue weighted by atomic mass is 35.5. The molecule has 1 saturated carbocycles. The molecule has 0 heterocycles. The summed E-state index contributed by atoms with van der Waals surface area (Å²) < 4.78 is 5.38. The fourth-order valence-electron chi connectivity index (χ4n) is 2.47. The lowest BCUT2D eigenvalue weighted by atomic mass is 9.96. The average Bonchev–Trinajstić information content (AvgIpc) is 2.54. The summed E-state index contributed by atoms with van der Waals surface area (Å²) in [5, 5.41) is 15.1. The van der Waals surface area contributed by atoms with Crippen molar-refractivity contribution in [1.82, 2.24) is 5.32 Å². The lowest BCUT2D eigenvalue weighted by Gasteiger charge is -2.22. The molecule has 2 amide bonds. The first kappa shape index (κ1) is 16.9. The Bertz CT molecular complexity index is 461. The number of rotatable bonds is 6. The van der Waals surface area contributed by atoms with Gasteiger partial charge in [0.2, 0.25) is 0 Å². The summed E-state index contributed by atoms with van der Waals surface area (Å²) >= 11 is 5.50. The van der Waals surface area contributed by atoms with Gasteiger partial charge in [0.15, 0.2) is 0 Å². The van der Waals surface area contributed by atoms with E-state index in [0.29, 0.717) is 11.4 Å². The van der Waals surface area contributed by atoms with E-state index in [1.54, 1.807) is 24.3 Å². The average molecular weight is 327 g/mol. The maximum Gasteiger partial charge on any atom is 0.319 e. The van der Waals surface area contributed by atoms with Crippen molar-refractivity contribution >= 4 is 23.3 Å². The van der Waals surface area contributed by atoms with Crippen molar-refractivity contribution in [3.63, 3.8) is 0 Å². The number of halogens is 1. The van der Waals surface area contributed by atoms with Crippen molar-refractivity contribution in [2.45, 2.75) is 44.2 Å². The Morgan fingerprint density at radius 3 is 2.59 bits per heavy atom. The largest absolute Gasteiger partial charge is 0.491 e. The molecule has 1 aromatic rings. The lowest BCUT2D eigenvalue weighted by molar-refractivity contribution is 0.125. The summed E-state index contributed by atoms with van der Waals surface area (Å²) in [6.07, 6.45) is 5.07. The molecule has 2 rings (SSSR count). The summed E-state index contributed by atoms with van der Waals surface area (Å²) in [6.45, 7) is 0.151. The Labute approximate surface area is 136 Å². The highest BCUT2D eigenvalue weighted by Gasteiger charge is 2.15. The molecule has 1 aromatic carbocycles. The summed E-state index contributed by atoms with van der Waals surface area (Å²) in [6, 6.07) is 7.14. The van der Waals surface area contributed by atoms with Gasteiger partial charge >= 0.3 is 6.03 Å². The Kier molecular flexibility index (Phi) is 6.80. The molecule has 3 N–H and O–H groups in total. The molecule has 0 bridgehead atoms. The maximum absolute atomic E-state index is 11.9. The fraction of sp³-hybridized carbons (Fsp3) is 0.562. The fourth-order valence-corrected chi connectivity index (χ4v) is 2.56. The molecule has 0 spiro atoms. The summed E-state index contributed by atoms with van der Waals surface area (Å²) in [5.41, 5.74) is 0.707. The number of ether oxygens (including phenoxy) is 1. The number of aliphatic hydroxyl groups excluding tert-OH is 1. The summed E-state index contributed by atoms with van der Waals surface area (Å²) in [5.74, 6) is 0.767. The molecule has 0 radical (unpaired) electrons. The van der Waals surface area contributed by atoms with Crippen molar-refractivity contribution < 1.29 is 14.6 Å². The third-order valence-corrected chi connectivity index (χ3v) is 4.03. The van der Waals surface area contributed by atoms with Gasteiger partial charge in [-0.05, 0) is 37.1 Å². The van der Waals surface area contributed by atoms with Crippen LogP contribution in [0.5, 0.6) is 5.75 Å². The molecule has 0 saturated heterocycles. The number of hydrogen-bond acceptors (Lipinski definition) is 3. The number of alkyl halides is 1. The van der Waals surface area contributed by atoms with Crippen LogP contribution in [-0.4, -0.2) is 35.8 Å². The van der Waals surface area contributed by atoms with E-state index in [1.165, 1.54) is 19.3 Å². The van der Waals surface area contributed by atoms with Crippen LogP contribution in [0.2, 0.25) is 0 Å². The molecule has 0 aromatic heterocycles. The van der Waals surface area contributed by atoms with E-state index < -0.39 is 6.10 Å². The highest BCUT2D eigenvalue weighted by Crippen LogP contribution is 2.18. The maximum atomic E-state index is 11.9. The van der Waals surface area contributed by atoms with Crippen LogP contribution >= 0.6 is 11.6 Å². The molecular weight excluding hydrogens is 304 g/mol. The van der Waals surface area contributed by atoms with Gasteiger partial charge in [-0.25, -0.2) is 4.79 Å². The van der Waals surface area contributed by atoms with E-state index in [4.69, 9.17) is 16.3 Å². The molecule has 0 aliphatic heterocycles. The first-order valence-electron chi connectivity index (χ1n) is 7.72. The topological polar surface area (TPSA) is 70.6 Å². The predicted molar refractivity (Wildman–Crippen MR) is 87.7 cm³/mol. The van der Waals surface area contributed by atoms with Gasteiger partial charge in [0, 0.05) is 11.7 Å². The van der Waals surface area contributed by atoms with E-state index in [9.17, 15) is 9.90 Å². The number of carbonyl (C=O) groups is 1. The number of carbonyl (C=O) groups excluding carboxylic acids is 1. The van der Waals surface area contributed by atoms with Gasteiger partial charge in [-0.15, -0.1) is 11.6 Å². The normalized spacial score (nSPS) is 16.8. The van der Waals surface area contributed by atoms with Crippen LogP contribution in [0.25, 0.3) is 0 Å². The molecule has 1 fully saturated rings. The summed E-state index contributed by atoms with van der Waals surface area (Å²) in [4.78, 5) is 11.9. The van der Waals surface area contributed by atoms with E-state index in [1.807, 2.05) is 0 Å². The standard InChI is InChI=1S/C16H23ClN2O3/c17-10-14(20)11-22-15-8-6-13(7-9-15)19-16(21)18-12-4-2-1-3-5-12/h6-9,12,14,20H,1-5,10-11H2,(H2,18,19,21). The van der Waals surface area contributed by atoms with Crippen LogP contribution < -0.4 is 15.4 Å².